The van der Waals surface area contributed by atoms with Crippen LogP contribution in [0, 0.1) is 0 Å². The van der Waals surface area contributed by atoms with E-state index < -0.39 is 25.9 Å². The normalized spacial score (nSPS) is 12.8. The molecule has 0 saturated heterocycles. The van der Waals surface area contributed by atoms with E-state index in [1.54, 1.807) is 0 Å². The SMILES string of the molecule is O=C(O)/C(=C/F)OP(=O)(O)O. The van der Waals surface area contributed by atoms with Crippen molar-refractivity contribution in [3.63, 3.8) is 0 Å². The number of phosphoric acid groups is 1. The average Bonchev–Trinajstić information content (AvgIpc) is 1.80. The van der Waals surface area contributed by atoms with Gasteiger partial charge in [-0.2, -0.15) is 0 Å². The molecule has 0 unspecified atom stereocenters. The maximum absolute atomic E-state index is 11.4. The summed E-state index contributed by atoms with van der Waals surface area (Å²) in [5, 5.41) is 7.96. The van der Waals surface area contributed by atoms with Crippen molar-refractivity contribution in [2.24, 2.45) is 0 Å². The van der Waals surface area contributed by atoms with Crippen molar-refractivity contribution in [2.45, 2.75) is 0 Å². The Balaban J connectivity index is 4.37. The predicted molar refractivity (Wildman–Crippen MR) is 30.0 cm³/mol. The molecule has 64 valence electrons. The Hall–Kier alpha value is -0.910. The number of carboxylic acids is 1. The molecule has 0 radical (unpaired) electrons. The van der Waals surface area contributed by atoms with E-state index in [-0.39, 0.29) is 0 Å². The number of aliphatic carboxylic acids is 1. The van der Waals surface area contributed by atoms with E-state index in [9.17, 15) is 13.8 Å². The highest BCUT2D eigenvalue weighted by atomic mass is 31.2. The first-order valence-electron chi connectivity index (χ1n) is 2.15. The summed E-state index contributed by atoms with van der Waals surface area (Å²) in [4.78, 5) is 25.8. The first-order valence-corrected chi connectivity index (χ1v) is 3.68. The molecule has 0 aromatic heterocycles. The molecule has 0 bridgehead atoms. The molecule has 8 heteroatoms. The van der Waals surface area contributed by atoms with Crippen molar-refractivity contribution in [1.82, 2.24) is 0 Å². The molecule has 0 rings (SSSR count). The molecule has 0 saturated carbocycles. The van der Waals surface area contributed by atoms with Gasteiger partial charge >= 0.3 is 13.8 Å². The summed E-state index contributed by atoms with van der Waals surface area (Å²) >= 11 is 0. The summed E-state index contributed by atoms with van der Waals surface area (Å²) in [6.07, 6.45) is -0.554. The molecular weight excluding hydrogens is 182 g/mol. The maximum atomic E-state index is 11.4. The van der Waals surface area contributed by atoms with Gasteiger partial charge in [0.15, 0.2) is 0 Å². The molecule has 0 aromatic carbocycles. The van der Waals surface area contributed by atoms with Crippen LogP contribution in [0.2, 0.25) is 0 Å². The van der Waals surface area contributed by atoms with Crippen molar-refractivity contribution >= 4 is 13.8 Å². The van der Waals surface area contributed by atoms with Crippen LogP contribution in [0.15, 0.2) is 12.1 Å². The average molecular weight is 186 g/mol. The highest BCUT2D eigenvalue weighted by Crippen LogP contribution is 2.38. The maximum Gasteiger partial charge on any atom is 0.525 e. The molecule has 3 N–H and O–H groups in total. The monoisotopic (exact) mass is 186 g/mol. The second-order valence-electron chi connectivity index (χ2n) is 1.36. The molecule has 0 aliphatic heterocycles. The van der Waals surface area contributed by atoms with Crippen LogP contribution in [-0.2, 0) is 13.9 Å². The number of hydrogen-bond donors (Lipinski definition) is 3. The Morgan fingerprint density at radius 1 is 1.55 bits per heavy atom. The molecule has 0 spiro atoms. The number of halogens is 1. The van der Waals surface area contributed by atoms with Crippen LogP contribution in [0.5, 0.6) is 0 Å². The Labute approximate surface area is 60.2 Å². The summed E-state index contributed by atoms with van der Waals surface area (Å²) < 4.78 is 24.7. The van der Waals surface area contributed by atoms with Gasteiger partial charge in [-0.1, -0.05) is 0 Å². The third kappa shape index (κ3) is 4.49. The van der Waals surface area contributed by atoms with Crippen LogP contribution in [0.25, 0.3) is 0 Å². The zero-order chi connectivity index (χ0) is 9.07. The fourth-order valence-electron chi connectivity index (χ4n) is 0.234. The first-order chi connectivity index (χ1) is 4.87. The molecule has 0 atom stereocenters. The Bertz CT molecular complexity index is 228. The number of hydrogen-bond acceptors (Lipinski definition) is 3. The van der Waals surface area contributed by atoms with Crippen molar-refractivity contribution in [3.05, 3.63) is 12.1 Å². The summed E-state index contributed by atoms with van der Waals surface area (Å²) in [6.45, 7) is 0. The quantitative estimate of drug-likeness (QED) is 0.325. The first kappa shape index (κ1) is 10.1. The van der Waals surface area contributed by atoms with E-state index in [4.69, 9.17) is 14.9 Å². The Morgan fingerprint density at radius 3 is 2.09 bits per heavy atom. The lowest BCUT2D eigenvalue weighted by Crippen LogP contribution is -2.02. The summed E-state index contributed by atoms with van der Waals surface area (Å²) in [5.74, 6) is -3.32. The van der Waals surface area contributed by atoms with E-state index in [2.05, 4.69) is 4.52 Å². The summed E-state index contributed by atoms with van der Waals surface area (Å²) in [6, 6.07) is 0. The van der Waals surface area contributed by atoms with Crippen molar-refractivity contribution in [2.75, 3.05) is 0 Å². The molecular formula is C3H4FO6P. The molecule has 11 heavy (non-hydrogen) atoms. The van der Waals surface area contributed by atoms with E-state index in [1.165, 1.54) is 0 Å². The van der Waals surface area contributed by atoms with Crippen LogP contribution in [0.1, 0.15) is 0 Å². The number of rotatable bonds is 3. The highest BCUT2D eigenvalue weighted by molar-refractivity contribution is 7.46. The van der Waals surface area contributed by atoms with Gasteiger partial charge in [0.25, 0.3) is 0 Å². The van der Waals surface area contributed by atoms with Gasteiger partial charge in [0.2, 0.25) is 5.76 Å². The minimum Gasteiger partial charge on any atom is -0.475 e. The predicted octanol–water partition coefficient (Wildman–Crippen LogP) is -0.00880. The van der Waals surface area contributed by atoms with Crippen molar-refractivity contribution < 1.29 is 33.2 Å². The molecule has 6 nitrogen and oxygen atoms in total. The van der Waals surface area contributed by atoms with E-state index >= 15 is 0 Å². The van der Waals surface area contributed by atoms with Crippen LogP contribution in [0.4, 0.5) is 4.39 Å². The van der Waals surface area contributed by atoms with Gasteiger partial charge in [-0.25, -0.2) is 13.8 Å². The summed E-state index contributed by atoms with van der Waals surface area (Å²) in [5.41, 5.74) is 0. The smallest absolute Gasteiger partial charge is 0.475 e. The minimum atomic E-state index is -4.98. The Kier molecular flexibility index (Phi) is 3.18. The van der Waals surface area contributed by atoms with Gasteiger partial charge in [-0.3, -0.25) is 9.79 Å². The van der Waals surface area contributed by atoms with Crippen molar-refractivity contribution in [3.8, 4) is 0 Å². The molecule has 0 aromatic rings. The second kappa shape index (κ2) is 3.47. The standard InChI is InChI=1S/C3H4FO6P/c4-1-2(3(5)6)10-11(7,8)9/h1H,(H,5,6)(H2,7,8,9)/b2-1-. The largest absolute Gasteiger partial charge is 0.525 e. The zero-order valence-corrected chi connectivity index (χ0v) is 5.86. The minimum absolute atomic E-state index is 0.554. The lowest BCUT2D eigenvalue weighted by molar-refractivity contribution is -0.135. The topological polar surface area (TPSA) is 104 Å². The van der Waals surface area contributed by atoms with Gasteiger partial charge in [0, 0.05) is 0 Å². The van der Waals surface area contributed by atoms with E-state index in [0.29, 0.717) is 0 Å². The fraction of sp³-hybridized carbons (Fsp3) is 0. The number of carbonyl (C=O) groups is 1. The van der Waals surface area contributed by atoms with Crippen LogP contribution >= 0.6 is 7.82 Å². The molecule has 0 fully saturated rings. The number of phosphoric ester groups is 1. The molecule has 0 heterocycles. The van der Waals surface area contributed by atoms with Gasteiger partial charge in [0.05, 0.1) is 0 Å². The van der Waals surface area contributed by atoms with Crippen LogP contribution in [-0.4, -0.2) is 20.9 Å². The summed E-state index contributed by atoms with van der Waals surface area (Å²) in [7, 11) is -4.98. The van der Waals surface area contributed by atoms with Gasteiger partial charge in [-0.05, 0) is 0 Å². The van der Waals surface area contributed by atoms with Gasteiger partial charge in [-0.15, -0.1) is 0 Å². The van der Waals surface area contributed by atoms with Crippen LogP contribution in [0.3, 0.4) is 0 Å². The molecule has 0 aliphatic rings. The Morgan fingerprint density at radius 2 is 2.00 bits per heavy atom. The van der Waals surface area contributed by atoms with Gasteiger partial charge in [0.1, 0.15) is 6.33 Å². The third-order valence-corrected chi connectivity index (χ3v) is 0.962. The fourth-order valence-corrected chi connectivity index (χ4v) is 0.608. The number of carboxylic acid groups (broad SMARTS) is 1. The van der Waals surface area contributed by atoms with Crippen molar-refractivity contribution in [1.29, 1.82) is 0 Å². The molecule has 0 aliphatic carbocycles. The van der Waals surface area contributed by atoms with Crippen LogP contribution < -0.4 is 0 Å². The van der Waals surface area contributed by atoms with Gasteiger partial charge < -0.3 is 9.63 Å². The van der Waals surface area contributed by atoms with E-state index in [0.717, 1.165) is 0 Å². The highest BCUT2D eigenvalue weighted by Gasteiger charge is 2.22. The zero-order valence-electron chi connectivity index (χ0n) is 4.97. The van der Waals surface area contributed by atoms with E-state index in [1.807, 2.05) is 0 Å². The lowest BCUT2D eigenvalue weighted by atomic mass is 10.6. The lowest BCUT2D eigenvalue weighted by Gasteiger charge is -2.04. The second-order valence-corrected chi connectivity index (χ2v) is 2.52. The molecule has 0 amide bonds. The third-order valence-electron chi connectivity index (χ3n) is 0.527.